The number of fused-ring (bicyclic) bond motifs is 6. The van der Waals surface area contributed by atoms with Gasteiger partial charge in [-0.1, -0.05) is 59.3 Å². The van der Waals surface area contributed by atoms with Crippen molar-refractivity contribution in [1.29, 1.82) is 0 Å². The van der Waals surface area contributed by atoms with Crippen LogP contribution < -0.4 is 19.6 Å². The van der Waals surface area contributed by atoms with Gasteiger partial charge in [0.2, 0.25) is 5.72 Å². The van der Waals surface area contributed by atoms with Crippen LogP contribution in [-0.4, -0.2) is 22.9 Å². The monoisotopic (exact) mass is 454 g/mol. The van der Waals surface area contributed by atoms with Crippen LogP contribution in [0.25, 0.3) is 6.08 Å². The number of nitrogens with zero attached hydrogens (tertiary/aromatic N) is 2. The zero-order valence-corrected chi connectivity index (χ0v) is 18.4. The molecule has 0 N–H and O–H groups in total. The number of benzene rings is 2. The summed E-state index contributed by atoms with van der Waals surface area (Å²) < 4.78 is 13.6. The summed E-state index contributed by atoms with van der Waals surface area (Å²) >= 11 is 7.55. The van der Waals surface area contributed by atoms with E-state index in [2.05, 4.69) is 0 Å². The van der Waals surface area contributed by atoms with Crippen molar-refractivity contribution in [2.75, 3.05) is 6.61 Å². The highest BCUT2D eigenvalue weighted by atomic mass is 35.5. The van der Waals surface area contributed by atoms with Gasteiger partial charge < -0.3 is 9.47 Å². The Morgan fingerprint density at radius 1 is 1.29 bits per heavy atom. The van der Waals surface area contributed by atoms with Crippen LogP contribution in [0.1, 0.15) is 31.0 Å². The van der Waals surface area contributed by atoms with Gasteiger partial charge >= 0.3 is 5.97 Å². The number of ether oxygens (including phenoxy) is 2. The minimum atomic E-state index is -1.18. The number of para-hydroxylation sites is 1. The average molecular weight is 455 g/mol. The lowest BCUT2D eigenvalue weighted by molar-refractivity contribution is -0.160. The summed E-state index contributed by atoms with van der Waals surface area (Å²) in [5.74, 6) is -0.608. The third-order valence-corrected chi connectivity index (χ3v) is 6.94. The van der Waals surface area contributed by atoms with E-state index in [1.54, 1.807) is 30.6 Å². The molecule has 0 saturated carbocycles. The Kier molecular flexibility index (Phi) is 4.75. The van der Waals surface area contributed by atoms with Gasteiger partial charge in [0.05, 0.1) is 17.2 Å². The number of halogens is 1. The van der Waals surface area contributed by atoms with Crippen LogP contribution in [0.2, 0.25) is 5.02 Å². The molecule has 1 aromatic heterocycles. The second-order valence-electron chi connectivity index (χ2n) is 7.57. The van der Waals surface area contributed by atoms with E-state index in [-0.39, 0.29) is 12.2 Å². The Morgan fingerprint density at radius 2 is 2.03 bits per heavy atom. The van der Waals surface area contributed by atoms with Crippen molar-refractivity contribution in [3.63, 3.8) is 0 Å². The fraction of sp³-hybridized carbons (Fsp3) is 0.261. The minimum Gasteiger partial charge on any atom is -0.466 e. The zero-order valence-electron chi connectivity index (χ0n) is 16.9. The van der Waals surface area contributed by atoms with Crippen molar-refractivity contribution in [2.24, 2.45) is 10.9 Å². The summed E-state index contributed by atoms with van der Waals surface area (Å²) in [6.07, 6.45) is 1.76. The van der Waals surface area contributed by atoms with Crippen LogP contribution >= 0.6 is 22.9 Å². The first-order valence-corrected chi connectivity index (χ1v) is 11.1. The fourth-order valence-electron chi connectivity index (χ4n) is 4.27. The number of rotatable bonds is 3. The molecular weight excluding hydrogens is 436 g/mol. The van der Waals surface area contributed by atoms with E-state index in [0.29, 0.717) is 20.1 Å². The smallest absolute Gasteiger partial charge is 0.317 e. The van der Waals surface area contributed by atoms with Crippen LogP contribution in [0, 0.1) is 5.92 Å². The normalized spacial score (nSPS) is 23.9. The molecule has 0 spiro atoms. The summed E-state index contributed by atoms with van der Waals surface area (Å²) in [6, 6.07) is 14.2. The van der Waals surface area contributed by atoms with Gasteiger partial charge in [-0.15, -0.1) is 0 Å². The second-order valence-corrected chi connectivity index (χ2v) is 8.99. The maximum atomic E-state index is 13.5. The zero-order chi connectivity index (χ0) is 21.8. The van der Waals surface area contributed by atoms with E-state index < -0.39 is 23.7 Å². The molecule has 2 aliphatic heterocycles. The molecule has 0 aliphatic carbocycles. The summed E-state index contributed by atoms with van der Waals surface area (Å²) in [5.41, 5.74) is 0.109. The van der Waals surface area contributed by atoms with E-state index in [4.69, 9.17) is 26.1 Å². The van der Waals surface area contributed by atoms with Crippen molar-refractivity contribution >= 4 is 35.0 Å². The molecule has 3 aromatic rings. The molecule has 3 heterocycles. The van der Waals surface area contributed by atoms with Gasteiger partial charge in [-0.3, -0.25) is 14.2 Å². The van der Waals surface area contributed by atoms with Crippen LogP contribution in [0.3, 0.4) is 0 Å². The number of hydrogen-bond acceptors (Lipinski definition) is 6. The molecule has 0 fully saturated rings. The van der Waals surface area contributed by atoms with Gasteiger partial charge in [-0.05, 0) is 37.6 Å². The van der Waals surface area contributed by atoms with E-state index >= 15 is 0 Å². The molecule has 0 amide bonds. The number of carbonyl (C=O) groups is 1. The van der Waals surface area contributed by atoms with E-state index in [0.717, 1.165) is 11.1 Å². The lowest BCUT2D eigenvalue weighted by Crippen LogP contribution is -2.58. The van der Waals surface area contributed by atoms with E-state index in [1.165, 1.54) is 11.3 Å². The Hall–Kier alpha value is -2.90. The molecule has 158 valence electrons. The molecule has 3 atom stereocenters. The molecule has 31 heavy (non-hydrogen) atoms. The van der Waals surface area contributed by atoms with E-state index in [9.17, 15) is 9.59 Å². The maximum absolute atomic E-state index is 13.5. The second kappa shape index (κ2) is 7.35. The van der Waals surface area contributed by atoms with Crippen molar-refractivity contribution < 1.29 is 14.3 Å². The molecule has 6 nitrogen and oxygen atoms in total. The molecule has 3 unspecified atom stereocenters. The molecule has 5 rings (SSSR count). The van der Waals surface area contributed by atoms with Crippen LogP contribution in [0.5, 0.6) is 5.75 Å². The highest BCUT2D eigenvalue weighted by Gasteiger charge is 2.55. The number of thiazole rings is 1. The first-order valence-electron chi connectivity index (χ1n) is 9.95. The third-order valence-electron chi connectivity index (χ3n) is 5.61. The molecule has 0 radical (unpaired) electrons. The Morgan fingerprint density at radius 3 is 2.81 bits per heavy atom. The van der Waals surface area contributed by atoms with Crippen molar-refractivity contribution in [1.82, 2.24) is 4.57 Å². The van der Waals surface area contributed by atoms with Crippen molar-refractivity contribution in [3.8, 4) is 5.75 Å². The van der Waals surface area contributed by atoms with Gasteiger partial charge in [0.1, 0.15) is 11.7 Å². The Labute approximate surface area is 187 Å². The van der Waals surface area contributed by atoms with Gasteiger partial charge in [-0.2, -0.15) is 0 Å². The molecule has 2 bridgehead atoms. The van der Waals surface area contributed by atoms with Crippen molar-refractivity contribution in [2.45, 2.75) is 25.6 Å². The molecule has 0 saturated heterocycles. The highest BCUT2D eigenvalue weighted by Crippen LogP contribution is 2.47. The SMILES string of the molecule is CCOC(=O)C1C2c3ccccc3OC1(C)N=c1sc(=Cc3ccccc3Cl)c(=O)n12. The van der Waals surface area contributed by atoms with Crippen molar-refractivity contribution in [3.05, 3.63) is 84.4 Å². The lowest BCUT2D eigenvalue weighted by Gasteiger charge is -2.44. The molecular formula is C23H19ClN2O4S. The van der Waals surface area contributed by atoms with Gasteiger partial charge in [0, 0.05) is 10.6 Å². The molecule has 2 aromatic carbocycles. The predicted octanol–water partition coefficient (Wildman–Crippen LogP) is 2.90. The quantitative estimate of drug-likeness (QED) is 0.570. The maximum Gasteiger partial charge on any atom is 0.317 e. The Balaban J connectivity index is 1.79. The summed E-state index contributed by atoms with van der Waals surface area (Å²) in [4.78, 5) is 31.7. The topological polar surface area (TPSA) is 69.9 Å². The van der Waals surface area contributed by atoms with Crippen LogP contribution in [0.4, 0.5) is 0 Å². The third kappa shape index (κ3) is 3.11. The summed E-state index contributed by atoms with van der Waals surface area (Å²) in [5, 5.41) is 0.555. The van der Waals surface area contributed by atoms with Gasteiger partial charge in [0.15, 0.2) is 4.80 Å². The number of aromatic nitrogens is 1. The number of hydrogen-bond donors (Lipinski definition) is 0. The number of esters is 1. The lowest BCUT2D eigenvalue weighted by atomic mass is 9.81. The Bertz CT molecular complexity index is 1380. The average Bonchev–Trinajstić information content (AvgIpc) is 3.03. The van der Waals surface area contributed by atoms with Gasteiger partial charge in [-0.25, -0.2) is 4.99 Å². The first-order chi connectivity index (χ1) is 14.9. The minimum absolute atomic E-state index is 0.221. The van der Waals surface area contributed by atoms with Gasteiger partial charge in [0.25, 0.3) is 5.56 Å². The largest absolute Gasteiger partial charge is 0.466 e. The van der Waals surface area contributed by atoms with Crippen LogP contribution in [0.15, 0.2) is 58.3 Å². The standard InChI is InChI=1S/C23H19ClN2O4S/c1-3-29-21(28)18-19-14-9-5-7-11-16(14)30-23(18,2)25-22-26(19)20(27)17(31-22)12-13-8-4-6-10-15(13)24/h4-12,18-19H,3H2,1-2H3. The van der Waals surface area contributed by atoms with E-state index in [1.807, 2.05) is 42.5 Å². The molecule has 8 heteroatoms. The fourth-order valence-corrected chi connectivity index (χ4v) is 5.55. The molecule has 2 aliphatic rings. The summed E-state index contributed by atoms with van der Waals surface area (Å²) in [6.45, 7) is 3.75. The first kappa shape index (κ1) is 20.0. The predicted molar refractivity (Wildman–Crippen MR) is 118 cm³/mol. The summed E-state index contributed by atoms with van der Waals surface area (Å²) in [7, 11) is 0. The van der Waals surface area contributed by atoms with Crippen LogP contribution in [-0.2, 0) is 9.53 Å². The highest BCUT2D eigenvalue weighted by molar-refractivity contribution is 7.07. The number of carbonyl (C=O) groups excluding carboxylic acids is 1.